The normalized spacial score (nSPS) is 36.8. The fourth-order valence-corrected chi connectivity index (χ4v) is 5.01. The van der Waals surface area contributed by atoms with Gasteiger partial charge in [-0.1, -0.05) is 52.8 Å². The molecule has 1 aromatic carbocycles. The molecule has 2 aliphatic rings. The molecule has 1 fully saturated rings. The summed E-state index contributed by atoms with van der Waals surface area (Å²) in [6, 6.07) is 6.68. The van der Waals surface area contributed by atoms with Crippen molar-refractivity contribution in [2.24, 2.45) is 11.3 Å². The molecule has 2 nitrogen and oxygen atoms in total. The number of aliphatic hydroxyl groups is 2. The van der Waals surface area contributed by atoms with Crippen LogP contribution in [-0.2, 0) is 5.41 Å². The topological polar surface area (TPSA) is 40.5 Å². The first-order valence-electron chi connectivity index (χ1n) is 8.68. The van der Waals surface area contributed by atoms with Gasteiger partial charge in [0.05, 0.1) is 12.2 Å². The van der Waals surface area contributed by atoms with Crippen molar-refractivity contribution < 1.29 is 10.2 Å². The lowest BCUT2D eigenvalue weighted by Crippen LogP contribution is -2.54. The fourth-order valence-electron chi connectivity index (χ4n) is 5.01. The summed E-state index contributed by atoms with van der Waals surface area (Å²) in [6.07, 6.45) is 1.94. The number of hydrogen-bond acceptors (Lipinski definition) is 2. The summed E-state index contributed by atoms with van der Waals surface area (Å²) in [6.45, 7) is 11.1. The maximum absolute atomic E-state index is 10.8. The molecule has 0 heterocycles. The second kappa shape index (κ2) is 5.07. The SMILES string of the molecule is CC(C)c1ccc2c(c1)[C@@H](O)C[C@H]1C(C)(C)[C@@H](O)CC[C@]21C. The van der Waals surface area contributed by atoms with Crippen molar-refractivity contribution in [1.29, 1.82) is 0 Å². The van der Waals surface area contributed by atoms with Gasteiger partial charge in [-0.3, -0.25) is 0 Å². The van der Waals surface area contributed by atoms with Crippen LogP contribution in [0.1, 0.15) is 82.6 Å². The molecule has 0 spiro atoms. The van der Waals surface area contributed by atoms with E-state index in [1.807, 2.05) is 0 Å². The maximum Gasteiger partial charge on any atom is 0.0796 e. The molecular weight excluding hydrogens is 272 g/mol. The third-order valence-corrected chi connectivity index (χ3v) is 6.64. The number of hydrogen-bond donors (Lipinski definition) is 2. The van der Waals surface area contributed by atoms with Gasteiger partial charge in [0.25, 0.3) is 0 Å². The van der Waals surface area contributed by atoms with E-state index in [-0.39, 0.29) is 16.9 Å². The first kappa shape index (κ1) is 16.0. The molecule has 2 heteroatoms. The molecule has 4 atom stereocenters. The predicted molar refractivity (Wildman–Crippen MR) is 90.0 cm³/mol. The van der Waals surface area contributed by atoms with Crippen LogP contribution >= 0.6 is 0 Å². The van der Waals surface area contributed by atoms with Gasteiger partial charge in [-0.05, 0) is 58.6 Å². The van der Waals surface area contributed by atoms with E-state index in [0.29, 0.717) is 11.8 Å². The van der Waals surface area contributed by atoms with Crippen LogP contribution in [-0.4, -0.2) is 16.3 Å². The van der Waals surface area contributed by atoms with Crippen molar-refractivity contribution in [3.63, 3.8) is 0 Å². The van der Waals surface area contributed by atoms with Gasteiger partial charge in [0.15, 0.2) is 0 Å². The van der Waals surface area contributed by atoms with Gasteiger partial charge in [0.1, 0.15) is 0 Å². The minimum absolute atomic E-state index is 0.0623. The van der Waals surface area contributed by atoms with Crippen LogP contribution in [0.15, 0.2) is 18.2 Å². The molecule has 3 rings (SSSR count). The van der Waals surface area contributed by atoms with Crippen molar-refractivity contribution in [3.05, 3.63) is 34.9 Å². The summed E-state index contributed by atoms with van der Waals surface area (Å²) in [5, 5.41) is 21.2. The van der Waals surface area contributed by atoms with Crippen LogP contribution in [0, 0.1) is 11.3 Å². The molecule has 0 amide bonds. The van der Waals surface area contributed by atoms with Crippen molar-refractivity contribution in [3.8, 4) is 0 Å². The Bertz CT molecular complexity index is 575. The predicted octanol–water partition coefficient (Wildman–Crippen LogP) is 4.30. The lowest BCUT2D eigenvalue weighted by Gasteiger charge is -2.57. The highest BCUT2D eigenvalue weighted by molar-refractivity contribution is 5.43. The highest BCUT2D eigenvalue weighted by Gasteiger charge is 2.54. The molecular formula is C20H30O2. The zero-order valence-corrected chi connectivity index (χ0v) is 14.6. The monoisotopic (exact) mass is 302 g/mol. The van der Waals surface area contributed by atoms with E-state index in [1.54, 1.807) is 0 Å². The molecule has 2 aliphatic carbocycles. The first-order valence-corrected chi connectivity index (χ1v) is 8.68. The van der Waals surface area contributed by atoms with Crippen LogP contribution < -0.4 is 0 Å². The molecule has 0 aromatic heterocycles. The van der Waals surface area contributed by atoms with E-state index in [1.165, 1.54) is 11.1 Å². The molecule has 0 bridgehead atoms. The van der Waals surface area contributed by atoms with Crippen LogP contribution in [0.25, 0.3) is 0 Å². The largest absolute Gasteiger partial charge is 0.393 e. The zero-order valence-electron chi connectivity index (χ0n) is 14.6. The Labute approximate surface area is 134 Å². The molecule has 0 radical (unpaired) electrons. The molecule has 2 N–H and O–H groups in total. The van der Waals surface area contributed by atoms with Crippen LogP contribution in [0.3, 0.4) is 0 Å². The molecule has 122 valence electrons. The van der Waals surface area contributed by atoms with Gasteiger partial charge in [-0.15, -0.1) is 0 Å². The first-order chi connectivity index (χ1) is 10.2. The van der Waals surface area contributed by atoms with Crippen LogP contribution in [0.4, 0.5) is 0 Å². The molecule has 22 heavy (non-hydrogen) atoms. The summed E-state index contributed by atoms with van der Waals surface area (Å²) < 4.78 is 0. The van der Waals surface area contributed by atoms with E-state index < -0.39 is 6.10 Å². The average molecular weight is 302 g/mol. The van der Waals surface area contributed by atoms with Gasteiger partial charge in [0.2, 0.25) is 0 Å². The lowest BCUT2D eigenvalue weighted by atomic mass is 9.49. The average Bonchev–Trinajstić information content (AvgIpc) is 2.46. The fraction of sp³-hybridized carbons (Fsp3) is 0.700. The summed E-state index contributed by atoms with van der Waals surface area (Å²) in [4.78, 5) is 0. The lowest BCUT2D eigenvalue weighted by molar-refractivity contribution is -0.0900. The van der Waals surface area contributed by atoms with Crippen molar-refractivity contribution in [2.75, 3.05) is 0 Å². The number of benzene rings is 1. The quantitative estimate of drug-likeness (QED) is 0.812. The minimum Gasteiger partial charge on any atom is -0.393 e. The Morgan fingerprint density at radius 2 is 1.82 bits per heavy atom. The Morgan fingerprint density at radius 1 is 1.14 bits per heavy atom. The van der Waals surface area contributed by atoms with Gasteiger partial charge in [0, 0.05) is 0 Å². The number of aliphatic hydroxyl groups excluding tert-OH is 2. The van der Waals surface area contributed by atoms with Gasteiger partial charge in [-0.25, -0.2) is 0 Å². The second-order valence-electron chi connectivity index (χ2n) is 8.60. The Morgan fingerprint density at radius 3 is 2.45 bits per heavy atom. The summed E-state index contributed by atoms with van der Waals surface area (Å²) in [7, 11) is 0. The highest BCUT2D eigenvalue weighted by atomic mass is 16.3. The number of rotatable bonds is 1. The standard InChI is InChI=1S/C20H30O2/c1-12(2)13-6-7-15-14(10-13)16(21)11-17-19(3,4)18(22)8-9-20(15,17)5/h6-7,10,12,16-18,21-22H,8-9,11H2,1-5H3/t16-,17-,18-,20+/m0/s1. The summed E-state index contributed by atoms with van der Waals surface area (Å²) in [5.74, 6) is 0.795. The van der Waals surface area contributed by atoms with E-state index in [9.17, 15) is 10.2 Å². The molecule has 0 aliphatic heterocycles. The molecule has 1 aromatic rings. The third-order valence-electron chi connectivity index (χ3n) is 6.64. The Balaban J connectivity index is 2.12. The van der Waals surface area contributed by atoms with Crippen molar-refractivity contribution >= 4 is 0 Å². The smallest absolute Gasteiger partial charge is 0.0796 e. The van der Waals surface area contributed by atoms with Crippen LogP contribution in [0.5, 0.6) is 0 Å². The second-order valence-corrected chi connectivity index (χ2v) is 8.60. The molecule has 1 saturated carbocycles. The molecule has 0 unspecified atom stereocenters. The van der Waals surface area contributed by atoms with E-state index in [0.717, 1.165) is 24.8 Å². The molecule has 0 saturated heterocycles. The number of fused-ring (bicyclic) bond motifs is 3. The van der Waals surface area contributed by atoms with Crippen molar-refractivity contribution in [1.82, 2.24) is 0 Å². The zero-order chi connectivity index (χ0) is 16.3. The Kier molecular flexibility index (Phi) is 3.69. The van der Waals surface area contributed by atoms with Gasteiger partial charge in [-0.2, -0.15) is 0 Å². The minimum atomic E-state index is -0.406. The third kappa shape index (κ3) is 2.15. The highest BCUT2D eigenvalue weighted by Crippen LogP contribution is 2.59. The van der Waals surface area contributed by atoms with Gasteiger partial charge >= 0.3 is 0 Å². The van der Waals surface area contributed by atoms with E-state index in [4.69, 9.17) is 0 Å². The van der Waals surface area contributed by atoms with E-state index >= 15 is 0 Å². The Hall–Kier alpha value is -0.860. The van der Waals surface area contributed by atoms with Crippen LogP contribution in [0.2, 0.25) is 0 Å². The van der Waals surface area contributed by atoms with E-state index in [2.05, 4.69) is 52.8 Å². The maximum atomic E-state index is 10.8. The summed E-state index contributed by atoms with van der Waals surface area (Å²) >= 11 is 0. The van der Waals surface area contributed by atoms with Gasteiger partial charge < -0.3 is 10.2 Å². The summed E-state index contributed by atoms with van der Waals surface area (Å²) in [5.41, 5.74) is 3.64. The van der Waals surface area contributed by atoms with Crippen molar-refractivity contribution in [2.45, 2.75) is 77.4 Å².